The quantitative estimate of drug-likeness (QED) is 0.110. The molecule has 0 spiro atoms. The van der Waals surface area contributed by atoms with E-state index in [1.54, 1.807) is 0 Å². The van der Waals surface area contributed by atoms with E-state index in [2.05, 4.69) is 94.4 Å². The van der Waals surface area contributed by atoms with Crippen molar-refractivity contribution < 1.29 is 34.4 Å². The fourth-order valence-electron chi connectivity index (χ4n) is 7.97. The number of ketones is 1. The van der Waals surface area contributed by atoms with Gasteiger partial charge in [-0.2, -0.15) is 0 Å². The van der Waals surface area contributed by atoms with Crippen molar-refractivity contribution in [2.24, 2.45) is 0 Å². The molecule has 2 aromatic heterocycles. The maximum atomic E-state index is 10.0. The molecule has 4 aromatic carbocycles. The van der Waals surface area contributed by atoms with Crippen LogP contribution >= 0.6 is 0 Å². The minimum Gasteiger partial charge on any atom is -0.512 e. The standard InChI is InChI=1S/C38H36NO.C5H8O2.Ir/c1-37(2)14-15-38(3,4)33-22-35-31(21-32(33)37)30-20-29-25(19-34(30)40-35)13-16-39-36(29)26-17-24-11-7-8-12-27(24)28(18-26)23-9-5-6-10-23;1-4(6)3-5(2)7;/h7-8,11-13,16,18-23H,5-6,9-10,14-15H2,1-4H3;3,6H,1-2H3;/q-1;;/b;4-3-;. The van der Waals surface area contributed by atoms with E-state index in [9.17, 15) is 4.79 Å². The predicted molar refractivity (Wildman–Crippen MR) is 194 cm³/mol. The number of allylic oxidation sites excluding steroid dienone is 2. The third-order valence-electron chi connectivity index (χ3n) is 10.6. The van der Waals surface area contributed by atoms with Crippen LogP contribution in [-0.4, -0.2) is 15.9 Å². The fourth-order valence-corrected chi connectivity index (χ4v) is 7.97. The molecular formula is C43H44IrNO3-. The molecule has 1 fully saturated rings. The van der Waals surface area contributed by atoms with E-state index in [-0.39, 0.29) is 42.5 Å². The first-order valence-electron chi connectivity index (χ1n) is 17.0. The molecule has 0 bridgehead atoms. The largest absolute Gasteiger partial charge is 0.512 e. The SMILES string of the molecule is CC(=O)/C=C(/C)O.CC1(C)CCC(C)(C)c2cc3c(cc21)oc1cc2ccnc(-c4[c-]c5ccccc5c(C5CCCC5)c4)c2cc13.[Ir]. The molecule has 2 aliphatic rings. The van der Waals surface area contributed by atoms with E-state index in [1.807, 2.05) is 6.20 Å². The number of aliphatic hydroxyl groups is 1. The van der Waals surface area contributed by atoms with Crippen molar-refractivity contribution in [2.75, 3.05) is 0 Å². The number of fused-ring (bicyclic) bond motifs is 6. The Morgan fingerprint density at radius 2 is 1.50 bits per heavy atom. The number of nitrogens with zero attached hydrogens (tertiary/aromatic N) is 1. The van der Waals surface area contributed by atoms with Crippen molar-refractivity contribution in [2.45, 2.75) is 96.8 Å². The summed E-state index contributed by atoms with van der Waals surface area (Å²) < 4.78 is 6.55. The van der Waals surface area contributed by atoms with Crippen LogP contribution in [0.15, 0.2) is 83.1 Å². The number of carbonyl (C=O) groups is 1. The van der Waals surface area contributed by atoms with Gasteiger partial charge in [0.2, 0.25) is 0 Å². The second-order valence-electron chi connectivity index (χ2n) is 15.1. The molecule has 2 aliphatic carbocycles. The molecule has 8 rings (SSSR count). The van der Waals surface area contributed by atoms with E-state index < -0.39 is 0 Å². The number of aliphatic hydroxyl groups excluding tert-OH is 1. The van der Waals surface area contributed by atoms with E-state index in [0.29, 0.717) is 5.92 Å². The fraction of sp³-hybridized carbons (Fsp3) is 0.349. The van der Waals surface area contributed by atoms with Gasteiger partial charge in [-0.1, -0.05) is 69.7 Å². The number of aromatic nitrogens is 1. The van der Waals surface area contributed by atoms with Crippen molar-refractivity contribution in [3.63, 3.8) is 0 Å². The van der Waals surface area contributed by atoms with Crippen LogP contribution in [0, 0.1) is 6.07 Å². The minimum absolute atomic E-state index is 0. The summed E-state index contributed by atoms with van der Waals surface area (Å²) in [7, 11) is 0. The molecule has 6 aromatic rings. The number of hydrogen-bond acceptors (Lipinski definition) is 4. The van der Waals surface area contributed by atoms with Gasteiger partial charge in [-0.05, 0) is 109 Å². The summed E-state index contributed by atoms with van der Waals surface area (Å²) in [6.07, 6.45) is 10.7. The van der Waals surface area contributed by atoms with Crippen molar-refractivity contribution >= 4 is 49.3 Å². The Morgan fingerprint density at radius 1 is 0.854 bits per heavy atom. The third kappa shape index (κ3) is 6.24. The van der Waals surface area contributed by atoms with Crippen molar-refractivity contribution in [1.29, 1.82) is 0 Å². The van der Waals surface area contributed by atoms with Gasteiger partial charge in [0, 0.05) is 48.8 Å². The summed E-state index contributed by atoms with van der Waals surface area (Å²) in [5.41, 5.74) is 8.73. The van der Waals surface area contributed by atoms with Crippen LogP contribution in [0.1, 0.15) is 103 Å². The maximum absolute atomic E-state index is 10.0. The first-order valence-corrected chi connectivity index (χ1v) is 17.0. The zero-order valence-corrected chi connectivity index (χ0v) is 31.2. The van der Waals surface area contributed by atoms with Crippen molar-refractivity contribution in [3.8, 4) is 11.3 Å². The van der Waals surface area contributed by atoms with Crippen LogP contribution in [0.5, 0.6) is 0 Å². The second kappa shape index (κ2) is 12.9. The van der Waals surface area contributed by atoms with Crippen LogP contribution in [0.4, 0.5) is 0 Å². The molecule has 0 amide bonds. The topological polar surface area (TPSA) is 63.3 Å². The minimum atomic E-state index is -0.125. The molecule has 0 saturated heterocycles. The van der Waals surface area contributed by atoms with Crippen LogP contribution in [0.2, 0.25) is 0 Å². The molecule has 1 saturated carbocycles. The molecular weight excluding hydrogens is 771 g/mol. The third-order valence-corrected chi connectivity index (χ3v) is 10.6. The Balaban J connectivity index is 0.000000456. The van der Waals surface area contributed by atoms with Crippen molar-refractivity contribution in [1.82, 2.24) is 4.98 Å². The van der Waals surface area contributed by atoms with Gasteiger partial charge in [-0.25, -0.2) is 0 Å². The second-order valence-corrected chi connectivity index (χ2v) is 15.1. The van der Waals surface area contributed by atoms with Crippen molar-refractivity contribution in [3.05, 3.63) is 101 Å². The van der Waals surface area contributed by atoms with Crippen LogP contribution in [-0.2, 0) is 35.7 Å². The van der Waals surface area contributed by atoms with E-state index in [4.69, 9.17) is 14.5 Å². The van der Waals surface area contributed by atoms with Crippen LogP contribution in [0.3, 0.4) is 0 Å². The molecule has 249 valence electrons. The summed E-state index contributed by atoms with van der Waals surface area (Å²) in [6, 6.07) is 26.3. The van der Waals surface area contributed by atoms with Gasteiger partial charge in [-0.3, -0.25) is 9.78 Å². The normalized spacial score (nSPS) is 17.2. The number of benzene rings is 4. The summed E-state index contributed by atoms with van der Waals surface area (Å²) >= 11 is 0. The van der Waals surface area contributed by atoms with E-state index >= 15 is 0 Å². The number of pyridine rings is 1. The Bertz CT molecular complexity index is 2210. The Kier molecular flexibility index (Phi) is 9.17. The summed E-state index contributed by atoms with van der Waals surface area (Å²) in [5.74, 6) is 0.559. The van der Waals surface area contributed by atoms with Gasteiger partial charge in [0.05, 0.1) is 5.76 Å². The Hall–Kier alpha value is -3.79. The summed E-state index contributed by atoms with van der Waals surface area (Å²) in [6.45, 7) is 12.4. The average Bonchev–Trinajstić information content (AvgIpc) is 3.68. The number of rotatable bonds is 3. The first-order chi connectivity index (χ1) is 22.4. The average molecular weight is 815 g/mol. The number of carbonyl (C=O) groups excluding carboxylic acids is 1. The van der Waals surface area contributed by atoms with Gasteiger partial charge < -0.3 is 9.52 Å². The monoisotopic (exact) mass is 815 g/mol. The smallest absolute Gasteiger partial charge is 0.155 e. The zero-order chi connectivity index (χ0) is 33.1. The maximum Gasteiger partial charge on any atom is 0.155 e. The molecule has 1 N–H and O–H groups in total. The summed E-state index contributed by atoms with van der Waals surface area (Å²) in [5, 5.41) is 15.6. The van der Waals surface area contributed by atoms with Crippen LogP contribution < -0.4 is 0 Å². The molecule has 4 nitrogen and oxygen atoms in total. The molecule has 5 heteroatoms. The molecule has 0 unspecified atom stereocenters. The molecule has 1 radical (unpaired) electrons. The predicted octanol–water partition coefficient (Wildman–Crippen LogP) is 11.8. The van der Waals surface area contributed by atoms with Gasteiger partial charge >= 0.3 is 0 Å². The van der Waals surface area contributed by atoms with E-state index in [1.165, 1.54) is 102 Å². The molecule has 48 heavy (non-hydrogen) atoms. The Labute approximate surface area is 297 Å². The zero-order valence-electron chi connectivity index (χ0n) is 28.8. The van der Waals surface area contributed by atoms with Gasteiger partial charge in [0.25, 0.3) is 0 Å². The van der Waals surface area contributed by atoms with Gasteiger partial charge in [0.15, 0.2) is 5.78 Å². The molecule has 2 heterocycles. The Morgan fingerprint density at radius 3 is 2.17 bits per heavy atom. The first kappa shape index (κ1) is 34.1. The van der Waals surface area contributed by atoms with Crippen LogP contribution in [0.25, 0.3) is 54.7 Å². The molecule has 0 atom stereocenters. The summed E-state index contributed by atoms with van der Waals surface area (Å²) in [4.78, 5) is 15.0. The van der Waals surface area contributed by atoms with Gasteiger partial charge in [0.1, 0.15) is 11.2 Å². The number of hydrogen-bond donors (Lipinski definition) is 1. The molecule has 0 aliphatic heterocycles. The van der Waals surface area contributed by atoms with Gasteiger partial charge in [-0.15, -0.1) is 29.1 Å². The number of furan rings is 1. The van der Waals surface area contributed by atoms with E-state index in [0.717, 1.165) is 27.8 Å².